The van der Waals surface area contributed by atoms with Crippen molar-refractivity contribution in [3.05, 3.63) is 65.7 Å². The van der Waals surface area contributed by atoms with Gasteiger partial charge in [0.2, 0.25) is 11.2 Å². The van der Waals surface area contributed by atoms with E-state index >= 15 is 0 Å². The van der Waals surface area contributed by atoms with Crippen molar-refractivity contribution >= 4 is 29.3 Å². The number of nitrogens with zero attached hydrogens (tertiary/aromatic N) is 3. The number of hydrogen-bond acceptors (Lipinski definition) is 5. The summed E-state index contributed by atoms with van der Waals surface area (Å²) in [7, 11) is 0. The number of hydrogen-bond donors (Lipinski definition) is 3. The number of benzene rings is 2. The summed E-state index contributed by atoms with van der Waals surface area (Å²) in [5.74, 6) is 0.368. The second kappa shape index (κ2) is 7.59. The van der Waals surface area contributed by atoms with E-state index in [4.69, 9.17) is 16.7 Å². The molecule has 1 amide bonds. The average molecular weight is 356 g/mol. The molecule has 126 valence electrons. The van der Waals surface area contributed by atoms with Gasteiger partial charge in [0.1, 0.15) is 6.33 Å². The molecule has 1 aromatic heterocycles. The zero-order valence-electron chi connectivity index (χ0n) is 13.0. The van der Waals surface area contributed by atoms with Crippen molar-refractivity contribution in [2.45, 2.75) is 6.54 Å². The van der Waals surface area contributed by atoms with E-state index in [1.54, 1.807) is 0 Å². The molecular weight excluding hydrogens is 342 g/mol. The molecule has 0 aliphatic carbocycles. The van der Waals surface area contributed by atoms with Gasteiger partial charge in [-0.15, -0.1) is 0 Å². The number of nitrogens with one attached hydrogen (secondary N) is 2. The van der Waals surface area contributed by atoms with Crippen LogP contribution in [-0.2, 0) is 6.54 Å². The van der Waals surface area contributed by atoms with Gasteiger partial charge < -0.3 is 15.7 Å². The minimum absolute atomic E-state index is 0.124. The van der Waals surface area contributed by atoms with Gasteiger partial charge in [0.25, 0.3) is 0 Å². The number of anilines is 2. The van der Waals surface area contributed by atoms with Crippen LogP contribution < -0.4 is 10.6 Å². The Morgan fingerprint density at radius 2 is 1.88 bits per heavy atom. The van der Waals surface area contributed by atoms with Gasteiger partial charge in [-0.3, -0.25) is 0 Å². The maximum Gasteiger partial charge on any atom is 0.404 e. The summed E-state index contributed by atoms with van der Waals surface area (Å²) in [6, 6.07) is 15.4. The molecular formula is C17H14ClN5O2. The van der Waals surface area contributed by atoms with Crippen LogP contribution in [0.5, 0.6) is 0 Å². The molecule has 0 bridgehead atoms. The highest BCUT2D eigenvalue weighted by Crippen LogP contribution is 2.24. The van der Waals surface area contributed by atoms with Crippen molar-refractivity contribution in [1.29, 1.82) is 0 Å². The molecule has 0 saturated heterocycles. The normalized spacial score (nSPS) is 10.3. The first-order valence-corrected chi connectivity index (χ1v) is 7.76. The lowest BCUT2D eigenvalue weighted by Crippen LogP contribution is -2.19. The lowest BCUT2D eigenvalue weighted by Gasteiger charge is -2.08. The van der Waals surface area contributed by atoms with E-state index in [9.17, 15) is 4.79 Å². The zero-order valence-corrected chi connectivity index (χ0v) is 13.7. The van der Waals surface area contributed by atoms with Crippen molar-refractivity contribution in [2.24, 2.45) is 0 Å². The van der Waals surface area contributed by atoms with Crippen LogP contribution in [0.25, 0.3) is 11.1 Å². The third-order valence-corrected chi connectivity index (χ3v) is 3.57. The Morgan fingerprint density at radius 3 is 2.60 bits per heavy atom. The van der Waals surface area contributed by atoms with Crippen LogP contribution in [0.4, 0.5) is 16.4 Å². The second-order valence-corrected chi connectivity index (χ2v) is 5.48. The van der Waals surface area contributed by atoms with Crippen LogP contribution in [0.15, 0.2) is 54.9 Å². The van der Waals surface area contributed by atoms with Gasteiger partial charge in [0.05, 0.1) is 0 Å². The SMILES string of the molecule is O=C(O)NCc1ccc(-c2cccc(Nc3ncnc(Cl)n3)c2)cc1. The maximum absolute atomic E-state index is 10.5. The van der Waals surface area contributed by atoms with Gasteiger partial charge in [-0.05, 0) is 40.4 Å². The second-order valence-electron chi connectivity index (χ2n) is 5.14. The van der Waals surface area contributed by atoms with E-state index in [-0.39, 0.29) is 11.8 Å². The summed E-state index contributed by atoms with van der Waals surface area (Å²) in [6.07, 6.45) is 0.298. The van der Waals surface area contributed by atoms with Crippen molar-refractivity contribution in [1.82, 2.24) is 20.3 Å². The Bertz CT molecular complexity index is 886. The maximum atomic E-state index is 10.5. The highest BCUT2D eigenvalue weighted by Gasteiger charge is 2.03. The van der Waals surface area contributed by atoms with Crippen molar-refractivity contribution < 1.29 is 9.90 Å². The first-order valence-electron chi connectivity index (χ1n) is 7.38. The number of halogens is 1. The summed E-state index contributed by atoms with van der Waals surface area (Å²) in [4.78, 5) is 22.3. The first-order chi connectivity index (χ1) is 12.1. The van der Waals surface area contributed by atoms with Crippen LogP contribution in [0.1, 0.15) is 5.56 Å². The molecule has 3 rings (SSSR count). The number of rotatable bonds is 5. The molecule has 0 saturated carbocycles. The molecule has 0 spiro atoms. The van der Waals surface area contributed by atoms with E-state index in [1.807, 2.05) is 48.5 Å². The highest BCUT2D eigenvalue weighted by molar-refractivity contribution is 6.28. The molecule has 0 aliphatic heterocycles. The summed E-state index contributed by atoms with van der Waals surface area (Å²) in [5.41, 5.74) is 3.72. The zero-order chi connectivity index (χ0) is 17.6. The summed E-state index contributed by atoms with van der Waals surface area (Å²) in [6.45, 7) is 0.275. The van der Waals surface area contributed by atoms with E-state index in [1.165, 1.54) is 6.33 Å². The molecule has 0 aliphatic rings. The van der Waals surface area contributed by atoms with E-state index in [0.717, 1.165) is 22.4 Å². The van der Waals surface area contributed by atoms with Gasteiger partial charge in [-0.1, -0.05) is 36.4 Å². The van der Waals surface area contributed by atoms with Crippen LogP contribution in [0, 0.1) is 0 Å². The van der Waals surface area contributed by atoms with Gasteiger partial charge in [0.15, 0.2) is 0 Å². The largest absolute Gasteiger partial charge is 0.465 e. The Hall–Kier alpha value is -3.19. The Labute approximate surface area is 148 Å². The van der Waals surface area contributed by atoms with Gasteiger partial charge in [0, 0.05) is 12.2 Å². The summed E-state index contributed by atoms with van der Waals surface area (Å²) >= 11 is 5.75. The predicted molar refractivity (Wildman–Crippen MR) is 94.9 cm³/mol. The van der Waals surface area contributed by atoms with Gasteiger partial charge in [-0.25, -0.2) is 14.8 Å². The fraction of sp³-hybridized carbons (Fsp3) is 0.0588. The summed E-state index contributed by atoms with van der Waals surface area (Å²) in [5, 5.41) is 14.2. The molecule has 0 fully saturated rings. The molecule has 7 nitrogen and oxygen atoms in total. The molecule has 1 heterocycles. The quantitative estimate of drug-likeness (QED) is 0.645. The average Bonchev–Trinajstić information content (AvgIpc) is 2.61. The highest BCUT2D eigenvalue weighted by atomic mass is 35.5. The Balaban J connectivity index is 1.75. The molecule has 2 aromatic carbocycles. The number of amides is 1. The van der Waals surface area contributed by atoms with Crippen LogP contribution in [0.3, 0.4) is 0 Å². The first kappa shape index (κ1) is 16.7. The third-order valence-electron chi connectivity index (χ3n) is 3.39. The van der Waals surface area contributed by atoms with E-state index < -0.39 is 6.09 Å². The minimum Gasteiger partial charge on any atom is -0.465 e. The number of carboxylic acid groups (broad SMARTS) is 1. The summed E-state index contributed by atoms with van der Waals surface area (Å²) < 4.78 is 0. The molecule has 0 atom stereocenters. The van der Waals surface area contributed by atoms with Gasteiger partial charge in [-0.2, -0.15) is 4.98 Å². The van der Waals surface area contributed by atoms with Crippen molar-refractivity contribution in [3.63, 3.8) is 0 Å². The van der Waals surface area contributed by atoms with Gasteiger partial charge >= 0.3 is 6.09 Å². The lowest BCUT2D eigenvalue weighted by atomic mass is 10.0. The fourth-order valence-corrected chi connectivity index (χ4v) is 2.36. The smallest absolute Gasteiger partial charge is 0.404 e. The van der Waals surface area contributed by atoms with Crippen molar-refractivity contribution in [2.75, 3.05) is 5.32 Å². The number of carbonyl (C=O) groups is 1. The molecule has 3 aromatic rings. The van der Waals surface area contributed by atoms with Crippen LogP contribution >= 0.6 is 11.6 Å². The number of aromatic nitrogens is 3. The standard InChI is InChI=1S/C17H14ClN5O2/c18-15-20-10-21-16(23-15)22-14-3-1-2-13(8-14)12-6-4-11(5-7-12)9-19-17(24)25/h1-8,10,19H,9H2,(H,24,25)(H,20,21,22,23). The van der Waals surface area contributed by atoms with Crippen LogP contribution in [0.2, 0.25) is 5.28 Å². The Morgan fingerprint density at radius 1 is 1.08 bits per heavy atom. The van der Waals surface area contributed by atoms with E-state index in [2.05, 4.69) is 25.6 Å². The topological polar surface area (TPSA) is 100 Å². The molecule has 3 N–H and O–H groups in total. The fourth-order valence-electron chi connectivity index (χ4n) is 2.23. The molecule has 8 heteroatoms. The van der Waals surface area contributed by atoms with Crippen molar-refractivity contribution in [3.8, 4) is 11.1 Å². The molecule has 0 unspecified atom stereocenters. The predicted octanol–water partition coefficient (Wildman–Crippen LogP) is 3.70. The van der Waals surface area contributed by atoms with Crippen LogP contribution in [-0.4, -0.2) is 26.2 Å². The Kier molecular flexibility index (Phi) is 5.06. The minimum atomic E-state index is -1.04. The van der Waals surface area contributed by atoms with E-state index in [0.29, 0.717) is 5.95 Å². The lowest BCUT2D eigenvalue weighted by molar-refractivity contribution is 0.194. The monoisotopic (exact) mass is 355 g/mol. The molecule has 0 radical (unpaired) electrons. The third kappa shape index (κ3) is 4.65. The molecule has 25 heavy (non-hydrogen) atoms.